The highest BCUT2D eigenvalue weighted by atomic mass is 35.5. The molecule has 0 radical (unpaired) electrons. The van der Waals surface area contributed by atoms with Crippen LogP contribution in [0.3, 0.4) is 0 Å². The Kier molecular flexibility index (Phi) is 5.41. The molecule has 0 saturated carbocycles. The Morgan fingerprint density at radius 3 is 2.65 bits per heavy atom. The summed E-state index contributed by atoms with van der Waals surface area (Å²) >= 11 is 6.04. The summed E-state index contributed by atoms with van der Waals surface area (Å²) in [5.74, 6) is 1.36. The lowest BCUT2D eigenvalue weighted by Gasteiger charge is -2.14. The molecular formula is C16H18ClNO2. The third-order valence-electron chi connectivity index (χ3n) is 2.96. The molecule has 0 amide bonds. The van der Waals surface area contributed by atoms with E-state index in [0.717, 1.165) is 17.7 Å². The van der Waals surface area contributed by atoms with Crippen LogP contribution in [0.2, 0.25) is 5.02 Å². The highest BCUT2D eigenvalue weighted by molar-refractivity contribution is 6.30. The summed E-state index contributed by atoms with van der Waals surface area (Å²) in [6, 6.07) is 13.0. The quantitative estimate of drug-likeness (QED) is 0.852. The highest BCUT2D eigenvalue weighted by Crippen LogP contribution is 2.30. The topological polar surface area (TPSA) is 41.5 Å². The minimum Gasteiger partial charge on any atom is -0.457 e. The van der Waals surface area contributed by atoms with Gasteiger partial charge in [0.05, 0.1) is 6.61 Å². The normalized spacial score (nSPS) is 10.6. The molecule has 0 atom stereocenters. The summed E-state index contributed by atoms with van der Waals surface area (Å²) in [6.07, 6.45) is 0. The molecule has 2 aromatic rings. The minimum absolute atomic E-state index is 0.0563. The molecule has 0 aliphatic carbocycles. The summed E-state index contributed by atoms with van der Waals surface area (Å²) in [7, 11) is 0. The first-order valence-corrected chi connectivity index (χ1v) is 6.98. The van der Waals surface area contributed by atoms with E-state index in [2.05, 4.69) is 12.2 Å². The van der Waals surface area contributed by atoms with Gasteiger partial charge in [-0.3, -0.25) is 0 Å². The van der Waals surface area contributed by atoms with Gasteiger partial charge in [-0.1, -0.05) is 42.8 Å². The van der Waals surface area contributed by atoms with Crippen molar-refractivity contribution in [3.8, 4) is 11.5 Å². The van der Waals surface area contributed by atoms with Crippen LogP contribution in [0.5, 0.6) is 11.5 Å². The SMILES string of the molecule is CCNCc1ccc(Cl)cc1Oc1ccccc1CO. The number of para-hydroxylation sites is 1. The maximum atomic E-state index is 9.34. The first-order chi connectivity index (χ1) is 9.74. The molecule has 0 aromatic heterocycles. The zero-order valence-electron chi connectivity index (χ0n) is 11.4. The van der Waals surface area contributed by atoms with Gasteiger partial charge in [-0.25, -0.2) is 0 Å². The van der Waals surface area contributed by atoms with Crippen molar-refractivity contribution in [2.75, 3.05) is 6.54 Å². The van der Waals surface area contributed by atoms with Crippen LogP contribution in [0.1, 0.15) is 18.1 Å². The van der Waals surface area contributed by atoms with E-state index in [1.54, 1.807) is 6.07 Å². The summed E-state index contributed by atoms with van der Waals surface area (Å²) in [6.45, 7) is 3.59. The van der Waals surface area contributed by atoms with Gasteiger partial charge in [-0.05, 0) is 24.7 Å². The summed E-state index contributed by atoms with van der Waals surface area (Å²) in [5.41, 5.74) is 1.78. The molecule has 0 spiro atoms. The number of nitrogens with one attached hydrogen (secondary N) is 1. The Labute approximate surface area is 124 Å². The number of halogens is 1. The van der Waals surface area contributed by atoms with Crippen LogP contribution < -0.4 is 10.1 Å². The number of ether oxygens (including phenoxy) is 1. The monoisotopic (exact) mass is 291 g/mol. The lowest BCUT2D eigenvalue weighted by Crippen LogP contribution is -2.12. The molecule has 4 heteroatoms. The van der Waals surface area contributed by atoms with Gasteiger partial charge in [-0.2, -0.15) is 0 Å². The fourth-order valence-electron chi connectivity index (χ4n) is 1.88. The van der Waals surface area contributed by atoms with Crippen molar-refractivity contribution in [1.29, 1.82) is 0 Å². The Morgan fingerprint density at radius 1 is 1.10 bits per heavy atom. The Morgan fingerprint density at radius 2 is 1.90 bits per heavy atom. The van der Waals surface area contributed by atoms with Crippen molar-refractivity contribution >= 4 is 11.6 Å². The molecule has 2 rings (SSSR count). The smallest absolute Gasteiger partial charge is 0.133 e. The van der Waals surface area contributed by atoms with E-state index in [1.807, 2.05) is 36.4 Å². The van der Waals surface area contributed by atoms with Crippen molar-refractivity contribution in [1.82, 2.24) is 5.32 Å². The van der Waals surface area contributed by atoms with Crippen LogP contribution in [0.4, 0.5) is 0 Å². The van der Waals surface area contributed by atoms with E-state index in [-0.39, 0.29) is 6.61 Å². The van der Waals surface area contributed by atoms with Gasteiger partial charge < -0.3 is 15.2 Å². The van der Waals surface area contributed by atoms with Gasteiger partial charge >= 0.3 is 0 Å². The highest BCUT2D eigenvalue weighted by Gasteiger charge is 2.08. The first kappa shape index (κ1) is 14.9. The maximum absolute atomic E-state index is 9.34. The van der Waals surface area contributed by atoms with Gasteiger partial charge in [0.15, 0.2) is 0 Å². The second-order valence-electron chi connectivity index (χ2n) is 4.40. The third kappa shape index (κ3) is 3.73. The molecular weight excluding hydrogens is 274 g/mol. The summed E-state index contributed by atoms with van der Waals surface area (Å²) in [5, 5.41) is 13.2. The fraction of sp³-hybridized carbons (Fsp3) is 0.250. The van der Waals surface area contributed by atoms with Crippen molar-refractivity contribution in [3.63, 3.8) is 0 Å². The zero-order valence-corrected chi connectivity index (χ0v) is 12.2. The minimum atomic E-state index is -0.0563. The van der Waals surface area contributed by atoms with Gasteiger partial charge in [-0.15, -0.1) is 0 Å². The Bertz CT molecular complexity index is 572. The van der Waals surface area contributed by atoms with Gasteiger partial charge in [0.25, 0.3) is 0 Å². The van der Waals surface area contributed by atoms with Crippen LogP contribution in [-0.4, -0.2) is 11.7 Å². The number of benzene rings is 2. The molecule has 0 fully saturated rings. The molecule has 0 aliphatic heterocycles. The molecule has 20 heavy (non-hydrogen) atoms. The van der Waals surface area contributed by atoms with Crippen molar-refractivity contribution in [2.45, 2.75) is 20.1 Å². The van der Waals surface area contributed by atoms with E-state index in [1.165, 1.54) is 0 Å². The average molecular weight is 292 g/mol. The number of hydrogen-bond donors (Lipinski definition) is 2. The molecule has 0 bridgehead atoms. The van der Waals surface area contributed by atoms with E-state index in [0.29, 0.717) is 23.1 Å². The van der Waals surface area contributed by atoms with Crippen LogP contribution >= 0.6 is 11.6 Å². The number of hydrogen-bond acceptors (Lipinski definition) is 3. The maximum Gasteiger partial charge on any atom is 0.133 e. The van der Waals surface area contributed by atoms with Crippen LogP contribution in [0, 0.1) is 0 Å². The first-order valence-electron chi connectivity index (χ1n) is 6.60. The summed E-state index contributed by atoms with van der Waals surface area (Å²) < 4.78 is 5.92. The molecule has 0 unspecified atom stereocenters. The van der Waals surface area contributed by atoms with E-state index in [4.69, 9.17) is 16.3 Å². The largest absolute Gasteiger partial charge is 0.457 e. The van der Waals surface area contributed by atoms with Crippen LogP contribution in [0.15, 0.2) is 42.5 Å². The van der Waals surface area contributed by atoms with Crippen molar-refractivity contribution in [2.24, 2.45) is 0 Å². The van der Waals surface area contributed by atoms with E-state index < -0.39 is 0 Å². The average Bonchev–Trinajstić information content (AvgIpc) is 2.47. The fourth-order valence-corrected chi connectivity index (χ4v) is 2.04. The lowest BCUT2D eigenvalue weighted by molar-refractivity contribution is 0.276. The molecule has 2 aromatic carbocycles. The van der Waals surface area contributed by atoms with Crippen LogP contribution in [-0.2, 0) is 13.2 Å². The van der Waals surface area contributed by atoms with Crippen LogP contribution in [0.25, 0.3) is 0 Å². The van der Waals surface area contributed by atoms with Gasteiger partial charge in [0, 0.05) is 22.7 Å². The Balaban J connectivity index is 2.29. The molecule has 106 valence electrons. The predicted molar refractivity (Wildman–Crippen MR) is 81.3 cm³/mol. The second kappa shape index (κ2) is 7.29. The molecule has 0 heterocycles. The zero-order chi connectivity index (χ0) is 14.4. The standard InChI is InChI=1S/C16H18ClNO2/c1-2-18-10-12-7-8-14(17)9-16(12)20-15-6-4-3-5-13(15)11-19/h3-9,18-19H,2,10-11H2,1H3. The summed E-state index contributed by atoms with van der Waals surface area (Å²) in [4.78, 5) is 0. The predicted octanol–water partition coefficient (Wildman–Crippen LogP) is 3.73. The van der Waals surface area contributed by atoms with E-state index >= 15 is 0 Å². The van der Waals surface area contributed by atoms with E-state index in [9.17, 15) is 5.11 Å². The lowest BCUT2D eigenvalue weighted by atomic mass is 10.2. The second-order valence-corrected chi connectivity index (χ2v) is 4.84. The van der Waals surface area contributed by atoms with Gasteiger partial charge in [0.1, 0.15) is 11.5 Å². The molecule has 2 N–H and O–H groups in total. The Hall–Kier alpha value is -1.55. The van der Waals surface area contributed by atoms with Crippen molar-refractivity contribution < 1.29 is 9.84 Å². The van der Waals surface area contributed by atoms with Gasteiger partial charge in [0.2, 0.25) is 0 Å². The molecule has 0 saturated heterocycles. The molecule has 0 aliphatic rings. The third-order valence-corrected chi connectivity index (χ3v) is 3.19. The molecule has 3 nitrogen and oxygen atoms in total. The van der Waals surface area contributed by atoms with Crippen molar-refractivity contribution in [3.05, 3.63) is 58.6 Å². The number of aliphatic hydroxyl groups is 1. The number of aliphatic hydroxyl groups excluding tert-OH is 1. The number of rotatable bonds is 6.